The van der Waals surface area contributed by atoms with Crippen molar-refractivity contribution in [3.8, 4) is 11.5 Å². The van der Waals surface area contributed by atoms with Gasteiger partial charge in [0.1, 0.15) is 18.1 Å². The van der Waals surface area contributed by atoms with E-state index in [9.17, 15) is 0 Å². The van der Waals surface area contributed by atoms with Crippen molar-refractivity contribution in [2.45, 2.75) is 39.5 Å². The summed E-state index contributed by atoms with van der Waals surface area (Å²) in [5.74, 6) is 2.38. The van der Waals surface area contributed by atoms with Gasteiger partial charge in [-0.25, -0.2) is 0 Å². The summed E-state index contributed by atoms with van der Waals surface area (Å²) < 4.78 is 11.9. The Morgan fingerprint density at radius 3 is 2.26 bits per heavy atom. The summed E-state index contributed by atoms with van der Waals surface area (Å²) >= 11 is 0. The largest absolute Gasteiger partial charge is 0.493 e. The fraction of sp³-hybridized carbons (Fsp3) is 0.500. The number of likely N-dealkylation sites (tertiary alicyclic amines) is 1. The van der Waals surface area contributed by atoms with Gasteiger partial charge in [-0.1, -0.05) is 31.2 Å². The lowest BCUT2D eigenvalue weighted by Gasteiger charge is -2.18. The predicted octanol–water partition coefficient (Wildman–Crippen LogP) is 5.12. The first-order valence-corrected chi connectivity index (χ1v) is 10.4. The minimum Gasteiger partial charge on any atom is -0.493 e. The van der Waals surface area contributed by atoms with Crippen LogP contribution in [0, 0.1) is 12.8 Å². The molecule has 1 heterocycles. The smallest absolute Gasteiger partial charge is 0.119 e. The van der Waals surface area contributed by atoms with Gasteiger partial charge in [0.25, 0.3) is 0 Å². The van der Waals surface area contributed by atoms with Crippen LogP contribution in [-0.2, 0) is 6.42 Å². The molecule has 1 unspecified atom stereocenters. The summed E-state index contributed by atoms with van der Waals surface area (Å²) in [4.78, 5) is 2.47. The lowest BCUT2D eigenvalue weighted by Crippen LogP contribution is -2.25. The Morgan fingerprint density at radius 1 is 0.926 bits per heavy atom. The highest BCUT2D eigenvalue weighted by Gasteiger charge is 2.12. The first-order chi connectivity index (χ1) is 13.2. The first-order valence-electron chi connectivity index (χ1n) is 10.4. The van der Waals surface area contributed by atoms with Crippen molar-refractivity contribution in [3.63, 3.8) is 0 Å². The number of rotatable bonds is 10. The first kappa shape index (κ1) is 19.8. The van der Waals surface area contributed by atoms with Crippen LogP contribution in [0.4, 0.5) is 0 Å². The van der Waals surface area contributed by atoms with Crippen molar-refractivity contribution in [3.05, 3.63) is 59.7 Å². The van der Waals surface area contributed by atoms with Crippen molar-refractivity contribution >= 4 is 0 Å². The summed E-state index contributed by atoms with van der Waals surface area (Å²) in [6.45, 7) is 9.40. The van der Waals surface area contributed by atoms with E-state index < -0.39 is 0 Å². The SMILES string of the molecule is CCC(COc1ccc(OCCN2CCCC2)cc1)Cc1ccccc1C. The number of aryl methyl sites for hydroxylation is 1. The number of ether oxygens (including phenoxy) is 2. The average Bonchev–Trinajstić information content (AvgIpc) is 3.21. The zero-order valence-corrected chi connectivity index (χ0v) is 16.8. The molecule has 0 radical (unpaired) electrons. The van der Waals surface area contributed by atoms with E-state index in [-0.39, 0.29) is 0 Å². The van der Waals surface area contributed by atoms with E-state index in [4.69, 9.17) is 9.47 Å². The molecule has 2 aromatic rings. The maximum atomic E-state index is 6.05. The van der Waals surface area contributed by atoms with Crippen LogP contribution in [-0.4, -0.2) is 37.7 Å². The van der Waals surface area contributed by atoms with Crippen LogP contribution < -0.4 is 9.47 Å². The molecule has 3 nitrogen and oxygen atoms in total. The third-order valence-electron chi connectivity index (χ3n) is 5.53. The molecule has 27 heavy (non-hydrogen) atoms. The highest BCUT2D eigenvalue weighted by molar-refractivity contribution is 5.31. The lowest BCUT2D eigenvalue weighted by atomic mass is 9.95. The van der Waals surface area contributed by atoms with Gasteiger partial charge < -0.3 is 9.47 Å². The second kappa shape index (κ2) is 10.4. The fourth-order valence-corrected chi connectivity index (χ4v) is 3.62. The van der Waals surface area contributed by atoms with Gasteiger partial charge in [0.05, 0.1) is 6.61 Å². The van der Waals surface area contributed by atoms with Gasteiger partial charge in [-0.2, -0.15) is 0 Å². The minimum absolute atomic E-state index is 0.530. The third-order valence-corrected chi connectivity index (χ3v) is 5.53. The van der Waals surface area contributed by atoms with Crippen molar-refractivity contribution < 1.29 is 9.47 Å². The second-order valence-corrected chi connectivity index (χ2v) is 7.58. The Kier molecular flexibility index (Phi) is 7.58. The molecule has 146 valence electrons. The normalized spacial score (nSPS) is 15.6. The second-order valence-electron chi connectivity index (χ2n) is 7.58. The molecule has 0 aliphatic carbocycles. The summed E-state index contributed by atoms with van der Waals surface area (Å²) in [6.07, 6.45) is 4.84. The molecule has 1 fully saturated rings. The zero-order chi connectivity index (χ0) is 18.9. The molecule has 2 aromatic carbocycles. The number of hydrogen-bond donors (Lipinski definition) is 0. The fourth-order valence-electron chi connectivity index (χ4n) is 3.62. The Morgan fingerprint density at radius 2 is 1.59 bits per heavy atom. The molecule has 3 rings (SSSR count). The van der Waals surface area contributed by atoms with Crippen LogP contribution in [0.5, 0.6) is 11.5 Å². The highest BCUT2D eigenvalue weighted by Crippen LogP contribution is 2.21. The summed E-state index contributed by atoms with van der Waals surface area (Å²) in [7, 11) is 0. The van der Waals surface area contributed by atoms with Gasteiger partial charge in [-0.05, 0) is 87.0 Å². The van der Waals surface area contributed by atoms with Gasteiger partial charge in [0.2, 0.25) is 0 Å². The molecule has 0 bridgehead atoms. The van der Waals surface area contributed by atoms with E-state index in [1.54, 1.807) is 0 Å². The van der Waals surface area contributed by atoms with E-state index in [1.165, 1.54) is 37.1 Å². The Balaban J connectivity index is 1.42. The van der Waals surface area contributed by atoms with Crippen molar-refractivity contribution in [1.29, 1.82) is 0 Å². The zero-order valence-electron chi connectivity index (χ0n) is 16.8. The molecule has 3 heteroatoms. The average molecular weight is 368 g/mol. The summed E-state index contributed by atoms with van der Waals surface area (Å²) in [5, 5.41) is 0. The van der Waals surface area contributed by atoms with E-state index in [0.717, 1.165) is 44.1 Å². The third kappa shape index (κ3) is 6.28. The highest BCUT2D eigenvalue weighted by atomic mass is 16.5. The van der Waals surface area contributed by atoms with Gasteiger partial charge in [0, 0.05) is 6.54 Å². The maximum absolute atomic E-state index is 6.05. The van der Waals surface area contributed by atoms with Crippen LogP contribution in [0.1, 0.15) is 37.3 Å². The van der Waals surface area contributed by atoms with Crippen molar-refractivity contribution in [2.75, 3.05) is 32.8 Å². The molecular weight excluding hydrogens is 334 g/mol. The van der Waals surface area contributed by atoms with Crippen molar-refractivity contribution in [1.82, 2.24) is 4.90 Å². The van der Waals surface area contributed by atoms with E-state index >= 15 is 0 Å². The molecular formula is C24H33NO2. The van der Waals surface area contributed by atoms with Crippen molar-refractivity contribution in [2.24, 2.45) is 5.92 Å². The summed E-state index contributed by atoms with van der Waals surface area (Å²) in [6, 6.07) is 16.7. The van der Waals surface area contributed by atoms with E-state index in [1.807, 2.05) is 24.3 Å². The Labute approximate surface area is 164 Å². The number of benzene rings is 2. The van der Waals surface area contributed by atoms with Crippen LogP contribution in [0.3, 0.4) is 0 Å². The summed E-state index contributed by atoms with van der Waals surface area (Å²) in [5.41, 5.74) is 2.79. The molecule has 1 atom stereocenters. The molecule has 0 N–H and O–H groups in total. The number of nitrogens with zero attached hydrogens (tertiary/aromatic N) is 1. The number of hydrogen-bond acceptors (Lipinski definition) is 3. The molecule has 1 saturated heterocycles. The van der Waals surface area contributed by atoms with Gasteiger partial charge in [-0.3, -0.25) is 4.90 Å². The van der Waals surface area contributed by atoms with Crippen LogP contribution in [0.15, 0.2) is 48.5 Å². The maximum Gasteiger partial charge on any atom is 0.119 e. The monoisotopic (exact) mass is 367 g/mol. The van der Waals surface area contributed by atoms with Crippen LogP contribution >= 0.6 is 0 Å². The molecule has 0 amide bonds. The minimum atomic E-state index is 0.530. The van der Waals surface area contributed by atoms with Crippen LogP contribution in [0.2, 0.25) is 0 Å². The quantitative estimate of drug-likeness (QED) is 0.582. The molecule has 1 aliphatic heterocycles. The van der Waals surface area contributed by atoms with Gasteiger partial charge >= 0.3 is 0 Å². The molecule has 1 aliphatic rings. The lowest BCUT2D eigenvalue weighted by molar-refractivity contribution is 0.235. The van der Waals surface area contributed by atoms with E-state index in [2.05, 4.69) is 43.0 Å². The Bertz CT molecular complexity index is 677. The van der Waals surface area contributed by atoms with Crippen LogP contribution in [0.25, 0.3) is 0 Å². The topological polar surface area (TPSA) is 21.7 Å². The van der Waals surface area contributed by atoms with Gasteiger partial charge in [0.15, 0.2) is 0 Å². The molecule has 0 aromatic heterocycles. The standard InChI is InChI=1S/C24H33NO2/c1-3-21(18-22-9-5-4-8-20(22)2)19-27-24-12-10-23(11-13-24)26-17-16-25-14-6-7-15-25/h4-5,8-13,21H,3,6-7,14-19H2,1-2H3. The van der Waals surface area contributed by atoms with Gasteiger partial charge in [-0.15, -0.1) is 0 Å². The Hall–Kier alpha value is -2.00. The molecule has 0 spiro atoms. The van der Waals surface area contributed by atoms with E-state index in [0.29, 0.717) is 5.92 Å². The molecule has 0 saturated carbocycles. The predicted molar refractivity (Wildman–Crippen MR) is 112 cm³/mol.